The van der Waals surface area contributed by atoms with Crippen molar-refractivity contribution in [3.05, 3.63) is 0 Å². The molecule has 0 saturated heterocycles. The lowest BCUT2D eigenvalue weighted by Crippen LogP contribution is -2.59. The molecule has 2 saturated carbocycles. The van der Waals surface area contributed by atoms with Gasteiger partial charge in [-0.2, -0.15) is 0 Å². The van der Waals surface area contributed by atoms with Crippen molar-refractivity contribution in [1.82, 2.24) is 0 Å². The Hall–Kier alpha value is -0.570. The first-order valence-corrected chi connectivity index (χ1v) is 7.09. The molecule has 0 radical (unpaired) electrons. The van der Waals surface area contributed by atoms with Gasteiger partial charge in [0.25, 0.3) is 0 Å². The molecule has 0 aromatic heterocycles. The molecule has 98 valence electrons. The number of rotatable bonds is 3. The monoisotopic (exact) mass is 239 g/mol. The topological polar surface area (TPSA) is 60.4 Å². The predicted octanol–water partition coefficient (Wildman–Crippen LogP) is 1.63. The van der Waals surface area contributed by atoms with E-state index in [0.29, 0.717) is 0 Å². The number of carbonyl (C=O) groups excluding carboxylic acids is 1. The molecule has 2 fully saturated rings. The summed E-state index contributed by atoms with van der Waals surface area (Å²) in [5.41, 5.74) is -1.55. The fourth-order valence-electron chi connectivity index (χ4n) is 3.75. The van der Waals surface area contributed by atoms with Gasteiger partial charge in [0.05, 0.1) is 5.97 Å². The summed E-state index contributed by atoms with van der Waals surface area (Å²) in [7, 11) is 0. The van der Waals surface area contributed by atoms with E-state index in [2.05, 4.69) is 0 Å². The standard InChI is InChI=1S/C14H24O3/c15-13(16)14(17,11-7-3-1-4-8-11)12-9-5-2-6-10-12/h11-12,17H,1-10H2,(H,15,16)/p-1. The van der Waals surface area contributed by atoms with E-state index in [1.165, 1.54) is 12.8 Å². The summed E-state index contributed by atoms with van der Waals surface area (Å²) in [6.45, 7) is 0. The zero-order valence-electron chi connectivity index (χ0n) is 10.5. The number of carbonyl (C=O) groups is 1. The van der Waals surface area contributed by atoms with Crippen molar-refractivity contribution in [3.8, 4) is 0 Å². The first-order valence-electron chi connectivity index (χ1n) is 7.09. The molecule has 0 aliphatic heterocycles. The molecule has 0 spiro atoms. The Labute approximate surface area is 103 Å². The van der Waals surface area contributed by atoms with E-state index in [4.69, 9.17) is 0 Å². The SMILES string of the molecule is O=C([O-])C(O)(C1CCCCC1)C1CCCCC1. The second-order valence-electron chi connectivity index (χ2n) is 5.78. The highest BCUT2D eigenvalue weighted by Crippen LogP contribution is 2.42. The molecule has 3 heteroatoms. The lowest BCUT2D eigenvalue weighted by atomic mass is 9.66. The molecule has 1 N–H and O–H groups in total. The lowest BCUT2D eigenvalue weighted by Gasteiger charge is -2.46. The highest BCUT2D eigenvalue weighted by Gasteiger charge is 2.45. The maximum absolute atomic E-state index is 11.5. The number of aliphatic hydroxyl groups is 1. The molecule has 0 unspecified atom stereocenters. The van der Waals surface area contributed by atoms with Gasteiger partial charge in [0, 0.05) is 0 Å². The maximum Gasteiger partial charge on any atom is 0.109 e. The molecule has 3 nitrogen and oxygen atoms in total. The van der Waals surface area contributed by atoms with Gasteiger partial charge in [0.1, 0.15) is 5.60 Å². The van der Waals surface area contributed by atoms with Crippen molar-refractivity contribution in [3.63, 3.8) is 0 Å². The van der Waals surface area contributed by atoms with E-state index in [-0.39, 0.29) is 11.8 Å². The van der Waals surface area contributed by atoms with Crippen LogP contribution in [0.15, 0.2) is 0 Å². The molecule has 2 rings (SSSR count). The third-order valence-corrected chi connectivity index (χ3v) is 4.78. The van der Waals surface area contributed by atoms with Crippen LogP contribution < -0.4 is 5.11 Å². The molecule has 2 aliphatic rings. The summed E-state index contributed by atoms with van der Waals surface area (Å²) in [6.07, 6.45) is 9.93. The number of carboxylic acid groups (broad SMARTS) is 1. The molecule has 0 atom stereocenters. The zero-order valence-corrected chi connectivity index (χ0v) is 10.5. The Balaban J connectivity index is 2.14. The summed E-state index contributed by atoms with van der Waals surface area (Å²) < 4.78 is 0. The third kappa shape index (κ3) is 2.49. The number of hydrogen-bond donors (Lipinski definition) is 1. The Kier molecular flexibility index (Phi) is 4.08. The zero-order chi connectivity index (χ0) is 12.3. The van der Waals surface area contributed by atoms with Crippen LogP contribution in [0.3, 0.4) is 0 Å². The molecule has 0 aromatic rings. The van der Waals surface area contributed by atoms with Crippen molar-refractivity contribution >= 4 is 5.97 Å². The van der Waals surface area contributed by atoms with Crippen LogP contribution in [0.5, 0.6) is 0 Å². The normalized spacial score (nSPS) is 24.8. The van der Waals surface area contributed by atoms with Gasteiger partial charge < -0.3 is 15.0 Å². The first-order chi connectivity index (χ1) is 8.15. The minimum absolute atomic E-state index is 0.0793. The maximum atomic E-state index is 11.5. The fraction of sp³-hybridized carbons (Fsp3) is 0.929. The van der Waals surface area contributed by atoms with Crippen LogP contribution in [0.25, 0.3) is 0 Å². The van der Waals surface area contributed by atoms with Gasteiger partial charge >= 0.3 is 0 Å². The fourth-order valence-corrected chi connectivity index (χ4v) is 3.75. The second-order valence-corrected chi connectivity index (χ2v) is 5.78. The highest BCUT2D eigenvalue weighted by atomic mass is 16.4. The van der Waals surface area contributed by atoms with Gasteiger partial charge in [-0.15, -0.1) is 0 Å². The van der Waals surface area contributed by atoms with Crippen LogP contribution in [-0.4, -0.2) is 16.7 Å². The van der Waals surface area contributed by atoms with E-state index in [1.54, 1.807) is 0 Å². The van der Waals surface area contributed by atoms with E-state index in [9.17, 15) is 15.0 Å². The highest BCUT2D eigenvalue weighted by molar-refractivity contribution is 5.76. The minimum Gasteiger partial charge on any atom is -0.547 e. The van der Waals surface area contributed by atoms with Gasteiger partial charge in [-0.1, -0.05) is 38.5 Å². The van der Waals surface area contributed by atoms with E-state index < -0.39 is 11.6 Å². The van der Waals surface area contributed by atoms with Crippen LogP contribution in [0, 0.1) is 11.8 Å². The largest absolute Gasteiger partial charge is 0.547 e. The Morgan fingerprint density at radius 3 is 1.53 bits per heavy atom. The summed E-state index contributed by atoms with van der Waals surface area (Å²) in [5, 5.41) is 22.1. The first kappa shape index (κ1) is 12.9. The number of hydrogen-bond acceptors (Lipinski definition) is 3. The van der Waals surface area contributed by atoms with Crippen LogP contribution in [0.1, 0.15) is 64.2 Å². The third-order valence-electron chi connectivity index (χ3n) is 4.78. The van der Waals surface area contributed by atoms with Crippen LogP contribution in [0.2, 0.25) is 0 Å². The average Bonchev–Trinajstić information content (AvgIpc) is 2.39. The van der Waals surface area contributed by atoms with Gasteiger partial charge in [-0.3, -0.25) is 0 Å². The van der Waals surface area contributed by atoms with Gasteiger partial charge in [-0.05, 0) is 37.5 Å². The molecule has 2 aliphatic carbocycles. The summed E-state index contributed by atoms with van der Waals surface area (Å²) >= 11 is 0. The second kappa shape index (κ2) is 5.38. The van der Waals surface area contributed by atoms with Crippen LogP contribution in [-0.2, 0) is 4.79 Å². The van der Waals surface area contributed by atoms with E-state index in [0.717, 1.165) is 51.4 Å². The van der Waals surface area contributed by atoms with Gasteiger partial charge in [0.2, 0.25) is 0 Å². The summed E-state index contributed by atoms with van der Waals surface area (Å²) in [6, 6.07) is 0. The molecule has 0 bridgehead atoms. The van der Waals surface area contributed by atoms with Crippen molar-refractivity contribution in [2.24, 2.45) is 11.8 Å². The molecule has 0 heterocycles. The van der Waals surface area contributed by atoms with Crippen molar-refractivity contribution in [2.75, 3.05) is 0 Å². The van der Waals surface area contributed by atoms with Crippen molar-refractivity contribution in [2.45, 2.75) is 69.8 Å². The number of carboxylic acids is 1. The number of aliphatic carboxylic acids is 1. The molecule has 0 aromatic carbocycles. The lowest BCUT2D eigenvalue weighted by molar-refractivity contribution is -0.334. The van der Waals surface area contributed by atoms with Crippen molar-refractivity contribution in [1.29, 1.82) is 0 Å². The minimum atomic E-state index is -1.55. The van der Waals surface area contributed by atoms with Gasteiger partial charge in [-0.25, -0.2) is 0 Å². The Bertz CT molecular complexity index is 245. The average molecular weight is 239 g/mol. The molecule has 0 amide bonds. The summed E-state index contributed by atoms with van der Waals surface area (Å²) in [4.78, 5) is 11.5. The van der Waals surface area contributed by atoms with Gasteiger partial charge in [0.15, 0.2) is 0 Å². The molecular weight excluding hydrogens is 216 g/mol. The predicted molar refractivity (Wildman–Crippen MR) is 63.1 cm³/mol. The summed E-state index contributed by atoms with van der Waals surface area (Å²) in [5.74, 6) is -1.38. The van der Waals surface area contributed by atoms with Crippen molar-refractivity contribution < 1.29 is 15.0 Å². The van der Waals surface area contributed by atoms with E-state index in [1.807, 2.05) is 0 Å². The smallest absolute Gasteiger partial charge is 0.109 e. The van der Waals surface area contributed by atoms with Crippen LogP contribution >= 0.6 is 0 Å². The Morgan fingerprint density at radius 2 is 1.24 bits per heavy atom. The Morgan fingerprint density at radius 1 is 0.882 bits per heavy atom. The molecule has 17 heavy (non-hydrogen) atoms. The quantitative estimate of drug-likeness (QED) is 0.814. The van der Waals surface area contributed by atoms with Crippen LogP contribution in [0.4, 0.5) is 0 Å². The molecular formula is C14H23O3-. The van der Waals surface area contributed by atoms with E-state index >= 15 is 0 Å².